The molecule has 24 heavy (non-hydrogen) atoms. The lowest BCUT2D eigenvalue weighted by Gasteiger charge is -2.25. The van der Waals surface area contributed by atoms with E-state index in [1.165, 1.54) is 10.7 Å². The average Bonchev–Trinajstić information content (AvgIpc) is 3.05. The SMILES string of the molecule is C[C@H](NC(=O)C1CCC(O)CC1)c1cnn(-c2ccccc2F)c1. The number of hydrogen-bond acceptors (Lipinski definition) is 3. The molecule has 2 aromatic rings. The number of carbonyl (C=O) groups excluding carboxylic acids is 1. The maximum absolute atomic E-state index is 13.8. The molecule has 6 heteroatoms. The third-order valence-corrected chi connectivity index (χ3v) is 4.63. The number of amides is 1. The van der Waals surface area contributed by atoms with Gasteiger partial charge < -0.3 is 10.4 Å². The van der Waals surface area contributed by atoms with Crippen LogP contribution in [0.5, 0.6) is 0 Å². The number of rotatable bonds is 4. The van der Waals surface area contributed by atoms with Crippen molar-refractivity contribution in [3.05, 3.63) is 48.0 Å². The van der Waals surface area contributed by atoms with Crippen LogP contribution in [0.1, 0.15) is 44.2 Å². The van der Waals surface area contributed by atoms with Gasteiger partial charge in [0.15, 0.2) is 0 Å². The molecule has 1 saturated carbocycles. The van der Waals surface area contributed by atoms with Gasteiger partial charge in [0.1, 0.15) is 11.5 Å². The number of aliphatic hydroxyl groups is 1. The Hall–Kier alpha value is -2.21. The van der Waals surface area contributed by atoms with Crippen LogP contribution >= 0.6 is 0 Å². The van der Waals surface area contributed by atoms with Crippen LogP contribution in [0.4, 0.5) is 4.39 Å². The minimum absolute atomic E-state index is 0.00745. The summed E-state index contributed by atoms with van der Waals surface area (Å²) in [6.07, 6.45) is 5.89. The molecule has 1 fully saturated rings. The normalized spacial score (nSPS) is 22.1. The van der Waals surface area contributed by atoms with E-state index in [1.54, 1.807) is 30.6 Å². The first-order valence-electron chi connectivity index (χ1n) is 8.32. The van der Waals surface area contributed by atoms with Crippen LogP contribution in [-0.4, -0.2) is 26.9 Å². The van der Waals surface area contributed by atoms with E-state index in [0.29, 0.717) is 31.4 Å². The Morgan fingerprint density at radius 2 is 2.04 bits per heavy atom. The van der Waals surface area contributed by atoms with Crippen molar-refractivity contribution in [1.82, 2.24) is 15.1 Å². The predicted octanol–water partition coefficient (Wildman–Crippen LogP) is 2.74. The van der Waals surface area contributed by atoms with Gasteiger partial charge in [-0.15, -0.1) is 0 Å². The molecule has 0 radical (unpaired) electrons. The van der Waals surface area contributed by atoms with Crippen LogP contribution in [0, 0.1) is 11.7 Å². The average molecular weight is 331 g/mol. The fourth-order valence-electron chi connectivity index (χ4n) is 3.08. The molecule has 1 amide bonds. The summed E-state index contributed by atoms with van der Waals surface area (Å²) in [6, 6.07) is 6.22. The highest BCUT2D eigenvalue weighted by molar-refractivity contribution is 5.79. The van der Waals surface area contributed by atoms with E-state index >= 15 is 0 Å². The Bertz CT molecular complexity index is 708. The van der Waals surface area contributed by atoms with Crippen molar-refractivity contribution in [3.63, 3.8) is 0 Å². The standard InChI is InChI=1S/C18H22FN3O2/c1-12(21-18(24)13-6-8-15(23)9-7-13)14-10-20-22(11-14)17-5-3-2-4-16(17)19/h2-5,10-13,15,23H,6-9H2,1H3,(H,21,24)/t12-,13?,15?/m0/s1. The minimum Gasteiger partial charge on any atom is -0.393 e. The molecule has 0 unspecified atom stereocenters. The number of nitrogens with one attached hydrogen (secondary N) is 1. The number of benzene rings is 1. The zero-order chi connectivity index (χ0) is 17.1. The number of carbonyl (C=O) groups is 1. The van der Waals surface area contributed by atoms with Gasteiger partial charge in [0, 0.05) is 17.7 Å². The van der Waals surface area contributed by atoms with Crippen molar-refractivity contribution in [1.29, 1.82) is 0 Å². The molecular weight excluding hydrogens is 309 g/mol. The summed E-state index contributed by atoms with van der Waals surface area (Å²) >= 11 is 0. The van der Waals surface area contributed by atoms with Gasteiger partial charge >= 0.3 is 0 Å². The Morgan fingerprint density at radius 3 is 2.75 bits per heavy atom. The molecule has 1 aliphatic rings. The van der Waals surface area contributed by atoms with Gasteiger partial charge in [-0.05, 0) is 44.7 Å². The number of hydrogen-bond donors (Lipinski definition) is 2. The molecule has 1 aromatic heterocycles. The van der Waals surface area contributed by atoms with Crippen LogP contribution < -0.4 is 5.32 Å². The number of halogens is 1. The monoisotopic (exact) mass is 331 g/mol. The lowest BCUT2D eigenvalue weighted by Crippen LogP contribution is -2.35. The first-order valence-corrected chi connectivity index (χ1v) is 8.32. The summed E-state index contributed by atoms with van der Waals surface area (Å²) in [6.45, 7) is 1.89. The summed E-state index contributed by atoms with van der Waals surface area (Å²) in [5, 5.41) is 16.7. The molecule has 1 heterocycles. The van der Waals surface area contributed by atoms with Crippen LogP contribution in [0.2, 0.25) is 0 Å². The molecule has 5 nitrogen and oxygen atoms in total. The van der Waals surface area contributed by atoms with Gasteiger partial charge in [0.05, 0.1) is 18.3 Å². The van der Waals surface area contributed by atoms with Crippen molar-refractivity contribution in [2.75, 3.05) is 0 Å². The van der Waals surface area contributed by atoms with Crippen molar-refractivity contribution < 1.29 is 14.3 Å². The van der Waals surface area contributed by atoms with E-state index in [4.69, 9.17) is 0 Å². The van der Waals surface area contributed by atoms with Crippen LogP contribution in [0.25, 0.3) is 5.69 Å². The van der Waals surface area contributed by atoms with Gasteiger partial charge in [-0.1, -0.05) is 12.1 Å². The minimum atomic E-state index is -0.343. The molecule has 0 aliphatic heterocycles. The lowest BCUT2D eigenvalue weighted by atomic mass is 9.86. The van der Waals surface area contributed by atoms with Gasteiger partial charge in [-0.25, -0.2) is 9.07 Å². The van der Waals surface area contributed by atoms with Gasteiger partial charge in [0.2, 0.25) is 5.91 Å². The summed E-state index contributed by atoms with van der Waals surface area (Å²) in [4.78, 5) is 12.3. The number of aromatic nitrogens is 2. The highest BCUT2D eigenvalue weighted by atomic mass is 19.1. The van der Waals surface area contributed by atoms with E-state index < -0.39 is 0 Å². The quantitative estimate of drug-likeness (QED) is 0.905. The van der Waals surface area contributed by atoms with Crippen molar-refractivity contribution in [2.45, 2.75) is 44.8 Å². The highest BCUT2D eigenvalue weighted by Gasteiger charge is 2.26. The molecule has 3 rings (SSSR count). The zero-order valence-corrected chi connectivity index (χ0v) is 13.7. The molecule has 1 atom stereocenters. The first-order chi connectivity index (χ1) is 11.5. The number of para-hydroxylation sites is 1. The van der Waals surface area contributed by atoms with Crippen molar-refractivity contribution >= 4 is 5.91 Å². The maximum Gasteiger partial charge on any atom is 0.223 e. The van der Waals surface area contributed by atoms with E-state index in [9.17, 15) is 14.3 Å². The van der Waals surface area contributed by atoms with Crippen molar-refractivity contribution in [3.8, 4) is 5.69 Å². The van der Waals surface area contributed by atoms with E-state index in [-0.39, 0.29) is 29.8 Å². The third kappa shape index (κ3) is 3.64. The second-order valence-corrected chi connectivity index (χ2v) is 6.41. The number of nitrogens with zero attached hydrogens (tertiary/aromatic N) is 2. The molecular formula is C18H22FN3O2. The Morgan fingerprint density at radius 1 is 1.33 bits per heavy atom. The van der Waals surface area contributed by atoms with Gasteiger partial charge in [-0.2, -0.15) is 5.10 Å². The summed E-state index contributed by atoms with van der Waals surface area (Å²) in [5.41, 5.74) is 1.20. The van der Waals surface area contributed by atoms with Crippen LogP contribution in [0.15, 0.2) is 36.7 Å². The molecule has 2 N–H and O–H groups in total. The zero-order valence-electron chi connectivity index (χ0n) is 13.7. The molecule has 0 spiro atoms. The van der Waals surface area contributed by atoms with E-state index in [1.807, 2.05) is 6.92 Å². The Labute approximate surface area is 140 Å². The summed E-state index contributed by atoms with van der Waals surface area (Å²) in [5.74, 6) is -0.380. The summed E-state index contributed by atoms with van der Waals surface area (Å²) < 4.78 is 15.3. The molecule has 1 aromatic carbocycles. The molecule has 128 valence electrons. The van der Waals surface area contributed by atoms with Gasteiger partial charge in [0.25, 0.3) is 0 Å². The fraction of sp³-hybridized carbons (Fsp3) is 0.444. The van der Waals surface area contributed by atoms with Gasteiger partial charge in [-0.3, -0.25) is 4.79 Å². The summed E-state index contributed by atoms with van der Waals surface area (Å²) in [7, 11) is 0. The van der Waals surface area contributed by atoms with E-state index in [2.05, 4.69) is 10.4 Å². The topological polar surface area (TPSA) is 67.2 Å². The molecule has 0 bridgehead atoms. The lowest BCUT2D eigenvalue weighted by molar-refractivity contribution is -0.127. The third-order valence-electron chi connectivity index (χ3n) is 4.63. The Balaban J connectivity index is 1.65. The van der Waals surface area contributed by atoms with Crippen LogP contribution in [-0.2, 0) is 4.79 Å². The smallest absolute Gasteiger partial charge is 0.223 e. The molecule has 1 aliphatic carbocycles. The fourth-order valence-corrected chi connectivity index (χ4v) is 3.08. The molecule has 0 saturated heterocycles. The first kappa shape index (κ1) is 16.6. The van der Waals surface area contributed by atoms with Crippen molar-refractivity contribution in [2.24, 2.45) is 5.92 Å². The second kappa shape index (κ2) is 7.13. The Kier molecular flexibility index (Phi) is 4.94. The largest absolute Gasteiger partial charge is 0.393 e. The highest BCUT2D eigenvalue weighted by Crippen LogP contribution is 2.25. The maximum atomic E-state index is 13.8. The predicted molar refractivity (Wildman–Crippen MR) is 88.0 cm³/mol. The second-order valence-electron chi connectivity index (χ2n) is 6.41. The van der Waals surface area contributed by atoms with E-state index in [0.717, 1.165) is 5.56 Å². The number of aliphatic hydroxyl groups excluding tert-OH is 1. The van der Waals surface area contributed by atoms with Crippen LogP contribution in [0.3, 0.4) is 0 Å².